The van der Waals surface area contributed by atoms with Crippen molar-refractivity contribution >= 4 is 38.6 Å². The number of nitrogens with one attached hydrogen (secondary N) is 1. The van der Waals surface area contributed by atoms with E-state index in [4.69, 9.17) is 9.84 Å². The minimum absolute atomic E-state index is 0.0209. The second kappa shape index (κ2) is 7.03. The van der Waals surface area contributed by atoms with Gasteiger partial charge in [0.25, 0.3) is 0 Å². The molecule has 116 valence electrons. The summed E-state index contributed by atoms with van der Waals surface area (Å²) in [5.41, 5.74) is -0.0209. The number of carboxylic acids is 1. The average Bonchev–Trinajstić information content (AvgIpc) is 2.46. The van der Waals surface area contributed by atoms with Crippen molar-refractivity contribution in [2.24, 2.45) is 0 Å². The van der Waals surface area contributed by atoms with Crippen LogP contribution in [-0.2, 0) is 14.8 Å². The van der Waals surface area contributed by atoms with Crippen molar-refractivity contribution in [2.75, 3.05) is 13.2 Å². The number of halogens is 1. The Morgan fingerprint density at radius 1 is 1.43 bits per heavy atom. The summed E-state index contributed by atoms with van der Waals surface area (Å²) in [7, 11) is -3.73. The number of aromatic carboxylic acids is 1. The summed E-state index contributed by atoms with van der Waals surface area (Å²) < 4.78 is 32.8. The molecule has 1 aliphatic heterocycles. The summed E-state index contributed by atoms with van der Waals surface area (Å²) in [4.78, 5) is 11.0. The van der Waals surface area contributed by atoms with Gasteiger partial charge in [0, 0.05) is 16.7 Å². The predicted molar refractivity (Wildman–Crippen MR) is 84.9 cm³/mol. The molecule has 2 N–H and O–H groups in total. The van der Waals surface area contributed by atoms with Crippen LogP contribution in [0.25, 0.3) is 0 Å². The number of carboxylic acid groups (broad SMARTS) is 1. The summed E-state index contributed by atoms with van der Waals surface area (Å²) in [6.45, 7) is 0.857. The van der Waals surface area contributed by atoms with Gasteiger partial charge >= 0.3 is 5.97 Å². The molecule has 21 heavy (non-hydrogen) atoms. The fraction of sp³-hybridized carbons (Fsp3) is 0.462. The normalized spacial score (nSPS) is 19.4. The predicted octanol–water partition coefficient (Wildman–Crippen LogP) is 1.84. The van der Waals surface area contributed by atoms with Gasteiger partial charge in [-0.1, -0.05) is 0 Å². The molecule has 1 heterocycles. The second-order valence-corrected chi connectivity index (χ2v) is 7.72. The Balaban J connectivity index is 2.11. The molecule has 6 nitrogen and oxygen atoms in total. The summed E-state index contributed by atoms with van der Waals surface area (Å²) in [5, 5.41) is 9.05. The Morgan fingerprint density at radius 2 is 2.19 bits per heavy atom. The molecule has 1 aliphatic rings. The van der Waals surface area contributed by atoms with Crippen molar-refractivity contribution in [3.63, 3.8) is 0 Å². The molecule has 0 amide bonds. The van der Waals surface area contributed by atoms with Gasteiger partial charge in [-0.3, -0.25) is 0 Å². The second-order valence-electron chi connectivity index (χ2n) is 4.79. The van der Waals surface area contributed by atoms with Gasteiger partial charge in [-0.25, -0.2) is 17.9 Å². The van der Waals surface area contributed by atoms with Crippen molar-refractivity contribution in [2.45, 2.75) is 30.3 Å². The van der Waals surface area contributed by atoms with Crippen LogP contribution in [0, 0.1) is 3.57 Å². The molecule has 0 aromatic heterocycles. The van der Waals surface area contributed by atoms with Crippen molar-refractivity contribution in [1.29, 1.82) is 0 Å². The summed E-state index contributed by atoms with van der Waals surface area (Å²) in [6, 6.07) is 4.06. The van der Waals surface area contributed by atoms with Gasteiger partial charge in [-0.2, -0.15) is 0 Å². The van der Waals surface area contributed by atoms with Crippen LogP contribution >= 0.6 is 22.6 Å². The SMILES string of the molecule is O=C(O)c1cc(S(=O)(=O)NCC2CCCCO2)ccc1I. The van der Waals surface area contributed by atoms with E-state index >= 15 is 0 Å². The smallest absolute Gasteiger partial charge is 0.336 e. The Kier molecular flexibility index (Phi) is 5.58. The Morgan fingerprint density at radius 3 is 2.81 bits per heavy atom. The quantitative estimate of drug-likeness (QED) is 0.703. The van der Waals surface area contributed by atoms with Crippen LogP contribution in [0.15, 0.2) is 23.1 Å². The van der Waals surface area contributed by atoms with Crippen molar-refractivity contribution in [3.05, 3.63) is 27.3 Å². The van der Waals surface area contributed by atoms with Crippen LogP contribution in [0.1, 0.15) is 29.6 Å². The van der Waals surface area contributed by atoms with E-state index in [1.165, 1.54) is 18.2 Å². The molecular formula is C13H16INO5S. The Bertz CT molecular complexity index is 625. The molecule has 0 radical (unpaired) electrons. The molecule has 1 saturated heterocycles. The number of hydrogen-bond donors (Lipinski definition) is 2. The van der Waals surface area contributed by atoms with Crippen LogP contribution in [-0.4, -0.2) is 38.7 Å². The monoisotopic (exact) mass is 425 g/mol. The fourth-order valence-corrected chi connectivity index (χ4v) is 3.75. The first kappa shape index (κ1) is 16.7. The lowest BCUT2D eigenvalue weighted by molar-refractivity contribution is 0.0200. The van der Waals surface area contributed by atoms with Crippen molar-refractivity contribution in [1.82, 2.24) is 4.72 Å². The third-order valence-corrected chi connectivity index (χ3v) is 5.62. The zero-order valence-electron chi connectivity index (χ0n) is 11.2. The van der Waals surface area contributed by atoms with Crippen LogP contribution < -0.4 is 4.72 Å². The molecule has 0 bridgehead atoms. The van der Waals surface area contributed by atoms with Crippen molar-refractivity contribution < 1.29 is 23.1 Å². The first-order valence-corrected chi connectivity index (χ1v) is 9.10. The van der Waals surface area contributed by atoms with E-state index in [1.54, 1.807) is 0 Å². The van der Waals surface area contributed by atoms with Gasteiger partial charge in [0.1, 0.15) is 0 Å². The van der Waals surface area contributed by atoms with Gasteiger partial charge in [0.05, 0.1) is 16.6 Å². The molecule has 1 aromatic carbocycles. The van der Waals surface area contributed by atoms with Gasteiger partial charge < -0.3 is 9.84 Å². The fourth-order valence-electron chi connectivity index (χ4n) is 2.09. The van der Waals surface area contributed by atoms with Gasteiger partial charge in [-0.05, 0) is 60.1 Å². The van der Waals surface area contributed by atoms with Crippen LogP contribution in [0.3, 0.4) is 0 Å². The number of ether oxygens (including phenoxy) is 1. The van der Waals surface area contributed by atoms with Gasteiger partial charge in [0.2, 0.25) is 10.0 Å². The lowest BCUT2D eigenvalue weighted by Crippen LogP contribution is -2.35. The highest BCUT2D eigenvalue weighted by atomic mass is 127. The van der Waals surface area contributed by atoms with Crippen LogP contribution in [0.2, 0.25) is 0 Å². The molecule has 8 heteroatoms. The topological polar surface area (TPSA) is 92.7 Å². The summed E-state index contributed by atoms with van der Waals surface area (Å²) in [6.07, 6.45) is 2.74. The third kappa shape index (κ3) is 4.38. The lowest BCUT2D eigenvalue weighted by atomic mass is 10.1. The first-order chi connectivity index (χ1) is 9.90. The molecule has 2 rings (SSSR count). The molecular weight excluding hydrogens is 409 g/mol. The molecule has 1 atom stereocenters. The maximum atomic E-state index is 12.2. The lowest BCUT2D eigenvalue weighted by Gasteiger charge is -2.22. The number of sulfonamides is 1. The van der Waals surface area contributed by atoms with Crippen LogP contribution in [0.5, 0.6) is 0 Å². The summed E-state index contributed by atoms with van der Waals surface area (Å²) >= 11 is 1.86. The molecule has 1 aromatic rings. The highest BCUT2D eigenvalue weighted by molar-refractivity contribution is 14.1. The van der Waals surface area contributed by atoms with Gasteiger partial charge in [0.15, 0.2) is 0 Å². The van der Waals surface area contributed by atoms with E-state index in [0.29, 0.717) is 10.2 Å². The van der Waals surface area contributed by atoms with E-state index in [9.17, 15) is 13.2 Å². The molecule has 1 fully saturated rings. The van der Waals surface area contributed by atoms with Gasteiger partial charge in [-0.15, -0.1) is 0 Å². The Labute approximate surface area is 137 Å². The zero-order chi connectivity index (χ0) is 15.5. The average molecular weight is 425 g/mol. The highest BCUT2D eigenvalue weighted by Crippen LogP contribution is 2.18. The summed E-state index contributed by atoms with van der Waals surface area (Å²) in [5.74, 6) is -1.15. The number of benzene rings is 1. The highest BCUT2D eigenvalue weighted by Gasteiger charge is 2.21. The van der Waals surface area contributed by atoms with E-state index < -0.39 is 16.0 Å². The Hall–Kier alpha value is -0.710. The number of carbonyl (C=O) groups is 1. The van der Waals surface area contributed by atoms with E-state index in [0.717, 1.165) is 19.3 Å². The minimum atomic E-state index is -3.73. The largest absolute Gasteiger partial charge is 0.478 e. The van der Waals surface area contributed by atoms with Crippen molar-refractivity contribution in [3.8, 4) is 0 Å². The standard InChI is InChI=1S/C13H16INO5S/c14-12-5-4-10(7-11(12)13(16)17)21(18,19)15-8-9-3-1-2-6-20-9/h4-5,7,9,15H,1-3,6,8H2,(H,16,17). The maximum absolute atomic E-state index is 12.2. The van der Waals surface area contributed by atoms with E-state index in [2.05, 4.69) is 4.72 Å². The first-order valence-electron chi connectivity index (χ1n) is 6.54. The molecule has 0 spiro atoms. The maximum Gasteiger partial charge on any atom is 0.336 e. The van der Waals surface area contributed by atoms with Crippen LogP contribution in [0.4, 0.5) is 0 Å². The molecule has 1 unspecified atom stereocenters. The van der Waals surface area contributed by atoms with E-state index in [-0.39, 0.29) is 23.1 Å². The van der Waals surface area contributed by atoms with E-state index in [1.807, 2.05) is 22.6 Å². The minimum Gasteiger partial charge on any atom is -0.478 e. The third-order valence-electron chi connectivity index (χ3n) is 3.25. The number of rotatable bonds is 5. The molecule has 0 saturated carbocycles. The number of hydrogen-bond acceptors (Lipinski definition) is 4. The molecule has 0 aliphatic carbocycles. The zero-order valence-corrected chi connectivity index (χ0v) is 14.2.